The molecule has 0 spiro atoms. The van der Waals surface area contributed by atoms with E-state index < -0.39 is 27.7 Å². The van der Waals surface area contributed by atoms with E-state index in [-0.39, 0.29) is 43.4 Å². The molecule has 36 heavy (non-hydrogen) atoms. The van der Waals surface area contributed by atoms with Crippen LogP contribution in [0.25, 0.3) is 0 Å². The molecule has 0 aliphatic heterocycles. The first-order valence-electron chi connectivity index (χ1n) is 12.1. The molecule has 7 nitrogen and oxygen atoms in total. The summed E-state index contributed by atoms with van der Waals surface area (Å²) in [6.07, 6.45) is 3.25. The normalized spacial score (nSPS) is 12.1. The zero-order valence-corrected chi connectivity index (χ0v) is 21.9. The number of carbonyl (C=O) groups excluding carboxylic acids is 2. The van der Waals surface area contributed by atoms with Gasteiger partial charge in [-0.25, -0.2) is 17.2 Å². The summed E-state index contributed by atoms with van der Waals surface area (Å²) in [6, 6.07) is 11.5. The summed E-state index contributed by atoms with van der Waals surface area (Å²) >= 11 is 0. The van der Waals surface area contributed by atoms with E-state index in [2.05, 4.69) is 5.32 Å². The van der Waals surface area contributed by atoms with Crippen LogP contribution < -0.4 is 9.62 Å². The Morgan fingerprint density at radius 2 is 1.69 bits per heavy atom. The second-order valence-electron chi connectivity index (χ2n) is 8.61. The van der Waals surface area contributed by atoms with Crippen LogP contribution in [0.2, 0.25) is 0 Å². The van der Waals surface area contributed by atoms with Gasteiger partial charge in [-0.05, 0) is 37.0 Å². The van der Waals surface area contributed by atoms with Crippen molar-refractivity contribution in [2.75, 3.05) is 23.7 Å². The number of unbranched alkanes of at least 4 members (excludes halogenated alkanes) is 1. The SMILES string of the molecule is CCCCNC(=O)[C@@H](CC)N(Cc1ccccc1)C(=O)CCCN(c1ccc(F)c(F)c1)S(C)(=O)=O. The lowest BCUT2D eigenvalue weighted by Gasteiger charge is -2.31. The number of sulfonamides is 1. The van der Waals surface area contributed by atoms with E-state index in [9.17, 15) is 26.8 Å². The van der Waals surface area contributed by atoms with Crippen molar-refractivity contribution in [3.8, 4) is 0 Å². The van der Waals surface area contributed by atoms with Crippen LogP contribution in [0.1, 0.15) is 51.5 Å². The molecular weight excluding hydrogens is 488 g/mol. The number of halogens is 2. The van der Waals surface area contributed by atoms with Gasteiger partial charge in [0.15, 0.2) is 11.6 Å². The fourth-order valence-corrected chi connectivity index (χ4v) is 4.81. The molecule has 198 valence electrons. The molecule has 1 N–H and O–H groups in total. The third-order valence-electron chi connectivity index (χ3n) is 5.75. The minimum atomic E-state index is -3.81. The van der Waals surface area contributed by atoms with Gasteiger partial charge in [0.1, 0.15) is 6.04 Å². The molecule has 0 aliphatic carbocycles. The number of carbonyl (C=O) groups is 2. The Labute approximate surface area is 212 Å². The highest BCUT2D eigenvalue weighted by atomic mass is 32.2. The first-order valence-corrected chi connectivity index (χ1v) is 14.0. The predicted octanol–water partition coefficient (Wildman–Crippen LogP) is 4.23. The quantitative estimate of drug-likeness (QED) is 0.376. The Hall–Kier alpha value is -3.01. The highest BCUT2D eigenvalue weighted by molar-refractivity contribution is 7.92. The summed E-state index contributed by atoms with van der Waals surface area (Å²) in [4.78, 5) is 27.7. The Bertz CT molecular complexity index is 1110. The molecule has 2 aromatic carbocycles. The standard InChI is InChI=1S/C26H35F2N3O4S/c1-4-6-16-29-26(33)24(5-2)30(19-20-11-8-7-9-12-20)25(32)13-10-17-31(36(3,34)35)21-14-15-22(27)23(28)18-21/h7-9,11-12,14-15,18,24H,4-6,10,13,16-17,19H2,1-3H3,(H,29,33)/t24-/m1/s1. The van der Waals surface area contributed by atoms with Crippen molar-refractivity contribution in [3.63, 3.8) is 0 Å². The summed E-state index contributed by atoms with van der Waals surface area (Å²) in [7, 11) is -3.81. The molecule has 0 heterocycles. The van der Waals surface area contributed by atoms with Gasteiger partial charge in [0.25, 0.3) is 0 Å². The maximum absolute atomic E-state index is 13.7. The number of amides is 2. The molecule has 0 fully saturated rings. The second kappa shape index (κ2) is 13.9. The minimum Gasteiger partial charge on any atom is -0.354 e. The van der Waals surface area contributed by atoms with Gasteiger partial charge in [-0.2, -0.15) is 0 Å². The molecule has 0 saturated carbocycles. The third kappa shape index (κ3) is 8.58. The van der Waals surface area contributed by atoms with E-state index in [1.165, 1.54) is 11.0 Å². The van der Waals surface area contributed by atoms with Crippen LogP contribution in [-0.4, -0.2) is 50.5 Å². The molecule has 0 unspecified atom stereocenters. The van der Waals surface area contributed by atoms with Crippen LogP contribution in [0, 0.1) is 11.6 Å². The van der Waals surface area contributed by atoms with Crippen molar-refractivity contribution in [2.45, 2.75) is 58.5 Å². The number of hydrogen-bond acceptors (Lipinski definition) is 4. The molecule has 2 amide bonds. The number of nitrogens with zero attached hydrogens (tertiary/aromatic N) is 2. The fourth-order valence-electron chi connectivity index (χ4n) is 3.85. The molecule has 0 aliphatic rings. The van der Waals surface area contributed by atoms with Gasteiger partial charge in [-0.15, -0.1) is 0 Å². The maximum Gasteiger partial charge on any atom is 0.242 e. The zero-order valence-electron chi connectivity index (χ0n) is 21.0. The minimum absolute atomic E-state index is 0.0215. The number of benzene rings is 2. The molecule has 0 aromatic heterocycles. The van der Waals surface area contributed by atoms with Gasteiger partial charge in [-0.3, -0.25) is 13.9 Å². The van der Waals surface area contributed by atoms with Crippen LogP contribution >= 0.6 is 0 Å². The van der Waals surface area contributed by atoms with Crippen LogP contribution in [0.15, 0.2) is 48.5 Å². The van der Waals surface area contributed by atoms with Crippen LogP contribution in [0.4, 0.5) is 14.5 Å². The maximum atomic E-state index is 13.7. The summed E-state index contributed by atoms with van der Waals surface area (Å²) in [5, 5.41) is 2.89. The molecule has 1 atom stereocenters. The molecule has 2 aromatic rings. The zero-order chi connectivity index (χ0) is 26.7. The summed E-state index contributed by atoms with van der Waals surface area (Å²) < 4.78 is 52.6. The number of nitrogens with one attached hydrogen (secondary N) is 1. The van der Waals surface area contributed by atoms with Gasteiger partial charge < -0.3 is 10.2 Å². The smallest absolute Gasteiger partial charge is 0.242 e. The Kier molecular flexibility index (Phi) is 11.3. The Balaban J connectivity index is 2.18. The summed E-state index contributed by atoms with van der Waals surface area (Å²) in [5.41, 5.74) is 0.844. The van der Waals surface area contributed by atoms with Crippen molar-refractivity contribution < 1.29 is 26.8 Å². The van der Waals surface area contributed by atoms with E-state index in [1.807, 2.05) is 44.2 Å². The largest absolute Gasteiger partial charge is 0.354 e. The topological polar surface area (TPSA) is 86.8 Å². The monoisotopic (exact) mass is 523 g/mol. The van der Waals surface area contributed by atoms with Gasteiger partial charge in [0, 0.05) is 32.1 Å². The average Bonchev–Trinajstić information content (AvgIpc) is 2.83. The molecular formula is C26H35F2N3O4S. The van der Waals surface area contributed by atoms with Crippen LogP contribution in [0.3, 0.4) is 0 Å². The van der Waals surface area contributed by atoms with Crippen LogP contribution in [0.5, 0.6) is 0 Å². The molecule has 0 saturated heterocycles. The summed E-state index contributed by atoms with van der Waals surface area (Å²) in [5.74, 6) is -2.77. The Morgan fingerprint density at radius 1 is 1.00 bits per heavy atom. The number of rotatable bonds is 14. The predicted molar refractivity (Wildman–Crippen MR) is 137 cm³/mol. The van der Waals surface area contributed by atoms with Crippen molar-refractivity contribution in [2.24, 2.45) is 0 Å². The van der Waals surface area contributed by atoms with Crippen LogP contribution in [-0.2, 0) is 26.2 Å². The summed E-state index contributed by atoms with van der Waals surface area (Å²) in [6.45, 7) is 4.52. The van der Waals surface area contributed by atoms with Gasteiger partial charge >= 0.3 is 0 Å². The first-order chi connectivity index (χ1) is 17.1. The van der Waals surface area contributed by atoms with Gasteiger partial charge in [0.2, 0.25) is 21.8 Å². The lowest BCUT2D eigenvalue weighted by Crippen LogP contribution is -2.49. The lowest BCUT2D eigenvalue weighted by atomic mass is 10.1. The Morgan fingerprint density at radius 3 is 2.28 bits per heavy atom. The highest BCUT2D eigenvalue weighted by Crippen LogP contribution is 2.22. The molecule has 0 radical (unpaired) electrons. The fraction of sp³-hybridized carbons (Fsp3) is 0.462. The van der Waals surface area contributed by atoms with E-state index >= 15 is 0 Å². The van der Waals surface area contributed by atoms with E-state index in [0.29, 0.717) is 13.0 Å². The lowest BCUT2D eigenvalue weighted by molar-refractivity contribution is -0.141. The van der Waals surface area contributed by atoms with E-state index in [4.69, 9.17) is 0 Å². The highest BCUT2D eigenvalue weighted by Gasteiger charge is 2.28. The average molecular weight is 524 g/mol. The van der Waals surface area contributed by atoms with Crippen molar-refractivity contribution in [3.05, 3.63) is 65.7 Å². The van der Waals surface area contributed by atoms with Crippen molar-refractivity contribution in [1.82, 2.24) is 10.2 Å². The third-order valence-corrected chi connectivity index (χ3v) is 6.95. The van der Waals surface area contributed by atoms with E-state index in [0.717, 1.165) is 41.1 Å². The second-order valence-corrected chi connectivity index (χ2v) is 10.5. The van der Waals surface area contributed by atoms with E-state index in [1.54, 1.807) is 0 Å². The molecule has 2 rings (SSSR count). The van der Waals surface area contributed by atoms with Gasteiger partial charge in [0.05, 0.1) is 11.9 Å². The molecule has 0 bridgehead atoms. The first kappa shape index (κ1) is 29.2. The van der Waals surface area contributed by atoms with Crippen molar-refractivity contribution >= 4 is 27.5 Å². The van der Waals surface area contributed by atoms with Gasteiger partial charge in [-0.1, -0.05) is 50.6 Å². The number of hydrogen-bond donors (Lipinski definition) is 1. The number of anilines is 1. The van der Waals surface area contributed by atoms with Crippen molar-refractivity contribution in [1.29, 1.82) is 0 Å². The molecule has 10 heteroatoms.